The summed E-state index contributed by atoms with van der Waals surface area (Å²) < 4.78 is 33.0. The van der Waals surface area contributed by atoms with Gasteiger partial charge in [-0.1, -0.05) is 25.3 Å². The van der Waals surface area contributed by atoms with Gasteiger partial charge in [-0.2, -0.15) is 0 Å². The van der Waals surface area contributed by atoms with Crippen LogP contribution in [0, 0.1) is 17.6 Å². The molecule has 1 aromatic rings. The average Bonchev–Trinajstić information content (AvgIpc) is 3.36. The number of rotatable bonds is 3. The maximum Gasteiger partial charge on any atom is 0.223 e. The van der Waals surface area contributed by atoms with Crippen LogP contribution in [-0.2, 0) is 9.53 Å². The lowest BCUT2D eigenvalue weighted by molar-refractivity contribution is -0.129. The van der Waals surface area contributed by atoms with Crippen LogP contribution in [0.15, 0.2) is 18.2 Å². The van der Waals surface area contributed by atoms with Crippen molar-refractivity contribution in [2.24, 2.45) is 5.92 Å². The highest BCUT2D eigenvalue weighted by molar-refractivity contribution is 5.83. The topological polar surface area (TPSA) is 38.3 Å². The molecule has 1 aromatic carbocycles. The number of amides is 1. The van der Waals surface area contributed by atoms with Gasteiger partial charge in [0, 0.05) is 24.6 Å². The third-order valence-electron chi connectivity index (χ3n) is 6.09. The summed E-state index contributed by atoms with van der Waals surface area (Å²) in [6.07, 6.45) is 8.23. The zero-order valence-electron chi connectivity index (χ0n) is 14.4. The van der Waals surface area contributed by atoms with E-state index in [4.69, 9.17) is 4.74 Å². The maximum absolute atomic E-state index is 13.9. The van der Waals surface area contributed by atoms with Crippen LogP contribution in [0.5, 0.6) is 0 Å². The van der Waals surface area contributed by atoms with Crippen LogP contribution in [0.4, 0.5) is 8.78 Å². The van der Waals surface area contributed by atoms with Crippen molar-refractivity contribution in [2.75, 3.05) is 6.61 Å². The fourth-order valence-corrected chi connectivity index (χ4v) is 4.63. The van der Waals surface area contributed by atoms with Gasteiger partial charge >= 0.3 is 0 Å². The molecule has 0 bridgehead atoms. The molecule has 1 amide bonds. The van der Waals surface area contributed by atoms with Gasteiger partial charge in [0.15, 0.2) is 0 Å². The second kappa shape index (κ2) is 6.67. The quantitative estimate of drug-likeness (QED) is 0.893. The molecule has 3 aliphatic rings. The van der Waals surface area contributed by atoms with E-state index >= 15 is 0 Å². The molecule has 0 radical (unpaired) electrons. The Hall–Kier alpha value is -1.49. The summed E-state index contributed by atoms with van der Waals surface area (Å²) in [6, 6.07) is 3.78. The third kappa shape index (κ3) is 3.57. The van der Waals surface area contributed by atoms with E-state index < -0.39 is 11.6 Å². The summed E-state index contributed by atoms with van der Waals surface area (Å²) in [5.41, 5.74) is 0.415. The van der Waals surface area contributed by atoms with E-state index in [-0.39, 0.29) is 29.4 Å². The first kappa shape index (κ1) is 17.0. The number of carbonyl (C=O) groups is 1. The Labute approximate surface area is 147 Å². The summed E-state index contributed by atoms with van der Waals surface area (Å²) >= 11 is 0. The van der Waals surface area contributed by atoms with E-state index in [0.717, 1.165) is 31.7 Å². The van der Waals surface area contributed by atoms with Crippen LogP contribution in [0.3, 0.4) is 0 Å². The fourth-order valence-electron chi connectivity index (χ4n) is 4.63. The first-order chi connectivity index (χ1) is 12.1. The minimum Gasteiger partial charge on any atom is -0.375 e. The second-order valence-corrected chi connectivity index (χ2v) is 7.90. The molecule has 1 saturated heterocycles. The minimum atomic E-state index is -0.581. The van der Waals surface area contributed by atoms with E-state index in [1.54, 1.807) is 0 Å². The first-order valence-electron chi connectivity index (χ1n) is 9.46. The number of carbonyl (C=O) groups excluding carboxylic acids is 1. The van der Waals surface area contributed by atoms with Crippen LogP contribution >= 0.6 is 0 Å². The molecule has 0 unspecified atom stereocenters. The van der Waals surface area contributed by atoms with Gasteiger partial charge in [0.1, 0.15) is 11.6 Å². The summed E-state index contributed by atoms with van der Waals surface area (Å²) in [5, 5.41) is 3.17. The highest BCUT2D eigenvalue weighted by Gasteiger charge is 2.46. The van der Waals surface area contributed by atoms with Gasteiger partial charge in [0.25, 0.3) is 0 Å². The maximum atomic E-state index is 13.9. The van der Waals surface area contributed by atoms with Crippen molar-refractivity contribution in [2.45, 2.75) is 68.9 Å². The molecule has 0 aromatic heterocycles. The zero-order valence-corrected chi connectivity index (χ0v) is 14.4. The number of ether oxygens (including phenoxy) is 1. The van der Waals surface area contributed by atoms with Gasteiger partial charge in [0.2, 0.25) is 5.91 Å². The lowest BCUT2D eigenvalue weighted by Crippen LogP contribution is -2.49. The molecule has 2 aliphatic carbocycles. The SMILES string of the molecule is O=C(N[C@@H]1CCOC2(CCCCC2)C1)[C@@H]1C[C@H]1c1ccc(F)cc1F. The Balaban J connectivity index is 1.35. The molecule has 1 aliphatic heterocycles. The van der Waals surface area contributed by atoms with Crippen molar-refractivity contribution in [3.8, 4) is 0 Å². The number of halogens is 2. The predicted octanol–water partition coefficient (Wildman–Crippen LogP) is 4.07. The monoisotopic (exact) mass is 349 g/mol. The Morgan fingerprint density at radius 1 is 1.20 bits per heavy atom. The Morgan fingerprint density at radius 3 is 2.76 bits per heavy atom. The minimum absolute atomic E-state index is 0.00610. The summed E-state index contributed by atoms with van der Waals surface area (Å²) in [6.45, 7) is 0.700. The molecule has 25 heavy (non-hydrogen) atoms. The molecule has 1 heterocycles. The van der Waals surface area contributed by atoms with E-state index in [1.165, 1.54) is 31.4 Å². The van der Waals surface area contributed by atoms with Crippen LogP contribution in [-0.4, -0.2) is 24.2 Å². The molecule has 4 rings (SSSR count). The fraction of sp³-hybridized carbons (Fsp3) is 0.650. The zero-order chi connectivity index (χ0) is 17.4. The van der Waals surface area contributed by atoms with Gasteiger partial charge in [-0.25, -0.2) is 8.78 Å². The lowest BCUT2D eigenvalue weighted by Gasteiger charge is -2.43. The normalized spacial score (nSPS) is 30.9. The predicted molar refractivity (Wildman–Crippen MR) is 90.1 cm³/mol. The van der Waals surface area contributed by atoms with Crippen molar-refractivity contribution in [3.05, 3.63) is 35.4 Å². The van der Waals surface area contributed by atoms with Crippen molar-refractivity contribution in [1.82, 2.24) is 5.32 Å². The highest BCUT2D eigenvalue weighted by Crippen LogP contribution is 2.48. The number of hydrogen-bond donors (Lipinski definition) is 1. The molecular formula is C20H25F2NO2. The second-order valence-electron chi connectivity index (χ2n) is 7.90. The van der Waals surface area contributed by atoms with Crippen LogP contribution in [0.25, 0.3) is 0 Å². The van der Waals surface area contributed by atoms with E-state index in [2.05, 4.69) is 5.32 Å². The van der Waals surface area contributed by atoms with Crippen molar-refractivity contribution in [1.29, 1.82) is 0 Å². The first-order valence-corrected chi connectivity index (χ1v) is 9.46. The van der Waals surface area contributed by atoms with Crippen molar-refractivity contribution < 1.29 is 18.3 Å². The van der Waals surface area contributed by atoms with E-state index in [1.807, 2.05) is 0 Å². The summed E-state index contributed by atoms with van der Waals surface area (Å²) in [7, 11) is 0. The number of nitrogens with one attached hydrogen (secondary N) is 1. The summed E-state index contributed by atoms with van der Waals surface area (Å²) in [5.74, 6) is -1.43. The summed E-state index contributed by atoms with van der Waals surface area (Å²) in [4.78, 5) is 12.6. The lowest BCUT2D eigenvalue weighted by atomic mass is 9.78. The molecule has 3 fully saturated rings. The molecule has 136 valence electrons. The average molecular weight is 349 g/mol. The molecule has 1 spiro atoms. The largest absolute Gasteiger partial charge is 0.375 e. The van der Waals surface area contributed by atoms with Crippen LogP contribution < -0.4 is 5.32 Å². The van der Waals surface area contributed by atoms with Crippen molar-refractivity contribution >= 4 is 5.91 Å². The molecule has 3 atom stereocenters. The molecular weight excluding hydrogens is 324 g/mol. The standard InChI is InChI=1S/C20H25F2NO2/c21-13-4-5-15(18(22)10-13)16-11-17(16)19(24)23-14-6-9-25-20(12-14)7-2-1-3-8-20/h4-5,10,14,16-17H,1-3,6-9,11-12H2,(H,23,24)/t14-,16+,17-/m1/s1. The third-order valence-corrected chi connectivity index (χ3v) is 6.09. The molecule has 5 heteroatoms. The van der Waals surface area contributed by atoms with Crippen LogP contribution in [0.1, 0.15) is 62.8 Å². The number of benzene rings is 1. The Bertz CT molecular complexity index is 652. The van der Waals surface area contributed by atoms with Crippen LogP contribution in [0.2, 0.25) is 0 Å². The molecule has 3 nitrogen and oxygen atoms in total. The van der Waals surface area contributed by atoms with Crippen molar-refractivity contribution in [3.63, 3.8) is 0 Å². The molecule has 2 saturated carbocycles. The van der Waals surface area contributed by atoms with E-state index in [0.29, 0.717) is 18.6 Å². The Morgan fingerprint density at radius 2 is 2.00 bits per heavy atom. The van der Waals surface area contributed by atoms with E-state index in [9.17, 15) is 13.6 Å². The van der Waals surface area contributed by atoms with Gasteiger partial charge in [-0.15, -0.1) is 0 Å². The van der Waals surface area contributed by atoms with Gasteiger partial charge < -0.3 is 10.1 Å². The molecule has 1 N–H and O–H groups in total. The Kier molecular flexibility index (Phi) is 4.52. The van der Waals surface area contributed by atoms with Gasteiger partial charge in [0.05, 0.1) is 5.60 Å². The van der Waals surface area contributed by atoms with Gasteiger partial charge in [-0.05, 0) is 49.7 Å². The number of hydrogen-bond acceptors (Lipinski definition) is 2. The smallest absolute Gasteiger partial charge is 0.223 e. The van der Waals surface area contributed by atoms with Gasteiger partial charge in [-0.3, -0.25) is 4.79 Å². The highest BCUT2D eigenvalue weighted by atomic mass is 19.1.